The van der Waals surface area contributed by atoms with Crippen molar-refractivity contribution in [3.63, 3.8) is 0 Å². The Bertz CT molecular complexity index is 1800. The van der Waals surface area contributed by atoms with Crippen LogP contribution in [0.2, 0.25) is 5.02 Å². The standard InChI is InChI=1S/C33H27ClFN3O7/c1-45-26-14-20(39)10-11-22(26)28-21-12-13-23-27(31(42)38(44)29(23)40)24(21)15-25-30(41)37(36-19-8-6-18(35)7-9-19)32(43)33(25,28)16-2-4-17(34)5-3-16/h2-12,14,23-25,27-28,36,39,44H,13,15H2,1H3. The smallest absolute Gasteiger partial charge is 0.260 e. The van der Waals surface area contributed by atoms with E-state index in [1.54, 1.807) is 30.3 Å². The van der Waals surface area contributed by atoms with Crippen molar-refractivity contribution in [3.05, 3.63) is 100 Å². The van der Waals surface area contributed by atoms with E-state index in [9.17, 15) is 33.9 Å². The molecule has 0 radical (unpaired) electrons. The highest BCUT2D eigenvalue weighted by Crippen LogP contribution is 2.65. The Hall–Kier alpha value is -4.74. The number of nitrogens with one attached hydrogen (secondary N) is 1. The van der Waals surface area contributed by atoms with Crippen LogP contribution in [0.4, 0.5) is 10.1 Å². The van der Waals surface area contributed by atoms with Crippen LogP contribution in [0, 0.1) is 29.5 Å². The fourth-order valence-electron chi connectivity index (χ4n) is 7.92. The Balaban J connectivity index is 1.49. The molecule has 0 aromatic heterocycles. The number of nitrogens with zero attached hydrogens (tertiary/aromatic N) is 2. The molecule has 230 valence electrons. The van der Waals surface area contributed by atoms with Crippen molar-refractivity contribution in [2.75, 3.05) is 12.5 Å². The molecule has 0 bridgehead atoms. The number of phenolic OH excluding ortho intramolecular Hbond substituents is 1. The van der Waals surface area contributed by atoms with Gasteiger partial charge in [0.1, 0.15) is 17.3 Å². The number of ether oxygens (including phenoxy) is 1. The lowest BCUT2D eigenvalue weighted by Gasteiger charge is -2.50. The molecule has 7 rings (SSSR count). The predicted octanol–water partition coefficient (Wildman–Crippen LogP) is 4.57. The number of aromatic hydroxyl groups is 1. The third-order valence-corrected chi connectivity index (χ3v) is 10.0. The van der Waals surface area contributed by atoms with Gasteiger partial charge in [-0.15, -0.1) is 0 Å². The number of hydrogen-bond acceptors (Lipinski definition) is 8. The summed E-state index contributed by atoms with van der Waals surface area (Å²) in [6, 6.07) is 16.3. The molecule has 6 atom stereocenters. The third-order valence-electron chi connectivity index (χ3n) is 9.76. The van der Waals surface area contributed by atoms with Gasteiger partial charge < -0.3 is 9.84 Å². The molecule has 0 spiro atoms. The van der Waals surface area contributed by atoms with E-state index in [0.29, 0.717) is 27.4 Å². The van der Waals surface area contributed by atoms with Gasteiger partial charge in [-0.3, -0.25) is 29.8 Å². The summed E-state index contributed by atoms with van der Waals surface area (Å²) in [7, 11) is 1.42. The molecule has 1 saturated carbocycles. The van der Waals surface area contributed by atoms with E-state index in [-0.39, 0.29) is 29.4 Å². The maximum Gasteiger partial charge on any atom is 0.260 e. The van der Waals surface area contributed by atoms with Crippen molar-refractivity contribution in [3.8, 4) is 11.5 Å². The largest absolute Gasteiger partial charge is 0.508 e. The van der Waals surface area contributed by atoms with Crippen LogP contribution in [0.5, 0.6) is 11.5 Å². The maximum absolute atomic E-state index is 15.0. The zero-order valence-corrected chi connectivity index (χ0v) is 24.6. The van der Waals surface area contributed by atoms with E-state index in [1.807, 2.05) is 6.08 Å². The van der Waals surface area contributed by atoms with Crippen molar-refractivity contribution in [2.45, 2.75) is 24.2 Å². The van der Waals surface area contributed by atoms with Crippen LogP contribution < -0.4 is 10.2 Å². The fourth-order valence-corrected chi connectivity index (χ4v) is 8.05. The van der Waals surface area contributed by atoms with Crippen LogP contribution in [0.1, 0.15) is 29.9 Å². The number of fused-ring (bicyclic) bond motifs is 4. The average molecular weight is 632 g/mol. The Kier molecular flexibility index (Phi) is 6.72. The van der Waals surface area contributed by atoms with Gasteiger partial charge in [0.05, 0.1) is 36.0 Å². The molecule has 45 heavy (non-hydrogen) atoms. The number of methoxy groups -OCH3 is 1. The molecule has 3 N–H and O–H groups in total. The molecule has 10 nitrogen and oxygen atoms in total. The summed E-state index contributed by atoms with van der Waals surface area (Å²) < 4.78 is 19.4. The number of hydroxylamine groups is 2. The molecule has 3 fully saturated rings. The second kappa shape index (κ2) is 10.4. The van der Waals surface area contributed by atoms with Crippen LogP contribution in [-0.4, -0.2) is 51.1 Å². The Morgan fingerprint density at radius 1 is 0.956 bits per heavy atom. The number of rotatable bonds is 5. The SMILES string of the molecule is COc1cc(O)ccc1C1C2=CCC3C(=O)N(O)C(=O)C3C2CC2C(=O)N(Nc3ccc(F)cc3)C(=O)C21c1ccc(Cl)cc1. The molecule has 3 aromatic carbocycles. The molecular weight excluding hydrogens is 605 g/mol. The first-order valence-corrected chi connectivity index (χ1v) is 14.8. The molecule has 2 aliphatic carbocycles. The Labute approximate surface area is 261 Å². The summed E-state index contributed by atoms with van der Waals surface area (Å²) in [6.45, 7) is 0. The molecule has 6 unspecified atom stereocenters. The summed E-state index contributed by atoms with van der Waals surface area (Å²) in [6.07, 6.45) is 1.98. The summed E-state index contributed by atoms with van der Waals surface area (Å²) in [5.74, 6) is -7.39. The third kappa shape index (κ3) is 4.10. The monoisotopic (exact) mass is 631 g/mol. The number of anilines is 1. The summed E-state index contributed by atoms with van der Waals surface area (Å²) >= 11 is 6.28. The second-order valence-electron chi connectivity index (χ2n) is 11.8. The summed E-state index contributed by atoms with van der Waals surface area (Å²) in [5, 5.41) is 22.2. The number of hydrogen-bond donors (Lipinski definition) is 3. The van der Waals surface area contributed by atoms with Crippen molar-refractivity contribution < 1.29 is 38.6 Å². The molecule has 2 heterocycles. The van der Waals surface area contributed by atoms with Gasteiger partial charge in [0.2, 0.25) is 0 Å². The number of imide groups is 2. The van der Waals surface area contributed by atoms with Crippen LogP contribution in [0.25, 0.3) is 0 Å². The van der Waals surface area contributed by atoms with Gasteiger partial charge in [-0.25, -0.2) is 4.39 Å². The van der Waals surface area contributed by atoms with E-state index in [4.69, 9.17) is 16.3 Å². The minimum Gasteiger partial charge on any atom is -0.508 e. The summed E-state index contributed by atoms with van der Waals surface area (Å²) in [5.41, 5.74) is 3.18. The minimum absolute atomic E-state index is 0.0194. The fraction of sp³-hybridized carbons (Fsp3) is 0.273. The van der Waals surface area contributed by atoms with Crippen molar-refractivity contribution in [2.24, 2.45) is 23.7 Å². The lowest BCUT2D eigenvalue weighted by atomic mass is 9.49. The highest BCUT2D eigenvalue weighted by atomic mass is 35.5. The number of carbonyl (C=O) groups excluding carboxylic acids is 4. The molecule has 4 amide bonds. The first kappa shape index (κ1) is 29.0. The van der Waals surface area contributed by atoms with Crippen molar-refractivity contribution in [1.82, 2.24) is 10.1 Å². The van der Waals surface area contributed by atoms with Gasteiger partial charge >= 0.3 is 0 Å². The zero-order valence-electron chi connectivity index (χ0n) is 23.8. The topological polar surface area (TPSA) is 136 Å². The van der Waals surface area contributed by atoms with E-state index in [1.165, 1.54) is 43.5 Å². The Morgan fingerprint density at radius 3 is 2.36 bits per heavy atom. The number of carbonyl (C=O) groups is 4. The molecule has 2 saturated heterocycles. The van der Waals surface area contributed by atoms with E-state index < -0.39 is 64.5 Å². The first-order valence-electron chi connectivity index (χ1n) is 14.4. The number of hydrazine groups is 1. The lowest BCUT2D eigenvalue weighted by Crippen LogP contribution is -2.53. The zero-order chi connectivity index (χ0) is 31.8. The quantitative estimate of drug-likeness (QED) is 0.212. The van der Waals surface area contributed by atoms with Crippen LogP contribution in [0.15, 0.2) is 78.4 Å². The molecule has 3 aromatic rings. The van der Waals surface area contributed by atoms with E-state index in [0.717, 1.165) is 5.01 Å². The number of phenols is 1. The molecule has 4 aliphatic rings. The molecule has 12 heteroatoms. The maximum atomic E-state index is 15.0. The number of allylic oxidation sites excluding steroid dienone is 2. The Morgan fingerprint density at radius 2 is 1.67 bits per heavy atom. The van der Waals surface area contributed by atoms with Gasteiger partial charge in [0, 0.05) is 22.6 Å². The van der Waals surface area contributed by atoms with Gasteiger partial charge in [0.25, 0.3) is 23.6 Å². The molecule has 2 aliphatic heterocycles. The lowest BCUT2D eigenvalue weighted by molar-refractivity contribution is -0.173. The predicted molar refractivity (Wildman–Crippen MR) is 157 cm³/mol. The van der Waals surface area contributed by atoms with Gasteiger partial charge in [-0.2, -0.15) is 10.1 Å². The van der Waals surface area contributed by atoms with E-state index in [2.05, 4.69) is 5.43 Å². The van der Waals surface area contributed by atoms with Crippen molar-refractivity contribution >= 4 is 40.9 Å². The first-order chi connectivity index (χ1) is 21.6. The number of halogens is 2. The normalized spacial score (nSPS) is 28.9. The highest BCUT2D eigenvalue weighted by Gasteiger charge is 2.70. The summed E-state index contributed by atoms with van der Waals surface area (Å²) in [4.78, 5) is 55.6. The second-order valence-corrected chi connectivity index (χ2v) is 12.2. The van der Waals surface area contributed by atoms with Crippen molar-refractivity contribution in [1.29, 1.82) is 0 Å². The number of amides is 4. The van der Waals surface area contributed by atoms with Crippen LogP contribution in [-0.2, 0) is 24.6 Å². The van der Waals surface area contributed by atoms with Crippen LogP contribution >= 0.6 is 11.6 Å². The van der Waals surface area contributed by atoms with Gasteiger partial charge in [-0.05, 0) is 66.8 Å². The van der Waals surface area contributed by atoms with E-state index >= 15 is 0 Å². The van der Waals surface area contributed by atoms with Gasteiger partial charge in [-0.1, -0.05) is 41.4 Å². The average Bonchev–Trinajstić information content (AvgIpc) is 3.39. The van der Waals surface area contributed by atoms with Crippen LogP contribution in [0.3, 0.4) is 0 Å². The highest BCUT2D eigenvalue weighted by molar-refractivity contribution is 6.30. The number of benzene rings is 3. The van der Waals surface area contributed by atoms with Gasteiger partial charge in [0.15, 0.2) is 0 Å². The minimum atomic E-state index is -1.60. The molecular formula is C33H27ClFN3O7.